The zero-order chi connectivity index (χ0) is 15.7. The van der Waals surface area contributed by atoms with Crippen molar-refractivity contribution in [2.75, 3.05) is 5.73 Å². The van der Waals surface area contributed by atoms with Gasteiger partial charge in [0.1, 0.15) is 5.03 Å². The normalized spacial score (nSPS) is 10.3. The Morgan fingerprint density at radius 3 is 2.27 bits per heavy atom. The third-order valence-corrected chi connectivity index (χ3v) is 4.62. The van der Waals surface area contributed by atoms with E-state index in [1.165, 1.54) is 23.1 Å². The maximum Gasteiger partial charge on any atom is 0.203 e. The van der Waals surface area contributed by atoms with Gasteiger partial charge in [-0.05, 0) is 30.8 Å². The maximum absolute atomic E-state index is 7.14. The number of nitrogens with zero attached hydrogens (tertiary/aromatic N) is 6. The molecule has 0 fully saturated rings. The second-order valence-electron chi connectivity index (χ2n) is 4.18. The number of rotatable bonds is 2. The summed E-state index contributed by atoms with van der Waals surface area (Å²) < 4.78 is 0.678. The highest BCUT2D eigenvalue weighted by atomic mass is 32.2. The molecule has 2 aromatic heterocycles. The molecular weight excluding hydrogens is 318 g/mol. The molecule has 0 aliphatic carbocycles. The van der Waals surface area contributed by atoms with Crippen LogP contribution in [0.2, 0.25) is 0 Å². The summed E-state index contributed by atoms with van der Waals surface area (Å²) in [5, 5.41) is 8.77. The van der Waals surface area contributed by atoms with Gasteiger partial charge in [-0.3, -0.25) is 14.7 Å². The average molecular weight is 325 g/mol. The van der Waals surface area contributed by atoms with Gasteiger partial charge in [0.25, 0.3) is 0 Å². The molecule has 0 bridgehead atoms. The third kappa shape index (κ3) is 2.55. The summed E-state index contributed by atoms with van der Waals surface area (Å²) in [4.78, 5) is 15.7. The largest absolute Gasteiger partial charge is 0.374 e. The van der Waals surface area contributed by atoms with Gasteiger partial charge in [-0.15, -0.1) is 10.2 Å². The van der Waals surface area contributed by atoms with E-state index in [9.17, 15) is 0 Å². The standard InChI is InChI=1S/C13H7N7S2/c1-6-11(21-13-20-19-12(14)22-13)18-10-5-8(16-3)7(15-2)4-9(10)17-6/h4-5H,1H3,(H2,14,19). The van der Waals surface area contributed by atoms with Crippen LogP contribution < -0.4 is 5.73 Å². The fourth-order valence-corrected chi connectivity index (χ4v) is 3.36. The molecule has 2 heterocycles. The van der Waals surface area contributed by atoms with Crippen LogP contribution in [-0.2, 0) is 0 Å². The van der Waals surface area contributed by atoms with Crippen LogP contribution in [0.25, 0.3) is 20.7 Å². The minimum absolute atomic E-state index is 0.275. The number of fused-ring (bicyclic) bond motifs is 1. The van der Waals surface area contributed by atoms with Crippen molar-refractivity contribution in [3.05, 3.63) is 40.7 Å². The van der Waals surface area contributed by atoms with Crippen LogP contribution in [-0.4, -0.2) is 20.2 Å². The van der Waals surface area contributed by atoms with Crippen molar-refractivity contribution in [3.63, 3.8) is 0 Å². The lowest BCUT2D eigenvalue weighted by atomic mass is 10.2. The summed E-state index contributed by atoms with van der Waals surface area (Å²) in [6, 6.07) is 3.17. The Morgan fingerprint density at radius 1 is 1.09 bits per heavy atom. The highest BCUT2D eigenvalue weighted by Gasteiger charge is 2.13. The van der Waals surface area contributed by atoms with Crippen LogP contribution in [0.4, 0.5) is 16.5 Å². The summed E-state index contributed by atoms with van der Waals surface area (Å²) in [6.45, 7) is 16.1. The first-order chi connectivity index (χ1) is 10.6. The van der Waals surface area contributed by atoms with Gasteiger partial charge < -0.3 is 5.73 Å². The average Bonchev–Trinajstić information content (AvgIpc) is 2.92. The topological polar surface area (TPSA) is 86.3 Å². The van der Waals surface area contributed by atoms with Gasteiger partial charge in [-0.1, -0.05) is 11.3 Å². The summed E-state index contributed by atoms with van der Waals surface area (Å²) in [5.41, 5.74) is 8.01. The van der Waals surface area contributed by atoms with E-state index in [1.54, 1.807) is 12.1 Å². The molecule has 0 saturated carbocycles. The minimum Gasteiger partial charge on any atom is -0.374 e. The number of hydrogen-bond acceptors (Lipinski definition) is 7. The van der Waals surface area contributed by atoms with E-state index in [2.05, 4.69) is 29.9 Å². The lowest BCUT2D eigenvalue weighted by Gasteiger charge is -2.05. The molecule has 9 heteroatoms. The second-order valence-corrected chi connectivity index (χ2v) is 6.42. The minimum atomic E-state index is 0.275. The van der Waals surface area contributed by atoms with E-state index in [0.29, 0.717) is 25.5 Å². The van der Waals surface area contributed by atoms with Gasteiger partial charge in [0.2, 0.25) is 5.13 Å². The lowest BCUT2D eigenvalue weighted by Crippen LogP contribution is -1.92. The Balaban J connectivity index is 2.11. The molecular formula is C13H7N7S2. The van der Waals surface area contributed by atoms with E-state index >= 15 is 0 Å². The first-order valence-electron chi connectivity index (χ1n) is 5.95. The fourth-order valence-electron chi connectivity index (χ4n) is 1.77. The van der Waals surface area contributed by atoms with Crippen molar-refractivity contribution >= 4 is 50.6 Å². The molecule has 2 N–H and O–H groups in total. The number of nitrogens with two attached hydrogens (primary N) is 1. The van der Waals surface area contributed by atoms with Gasteiger partial charge in [0, 0.05) is 0 Å². The molecule has 22 heavy (non-hydrogen) atoms. The monoisotopic (exact) mass is 325 g/mol. The van der Waals surface area contributed by atoms with Gasteiger partial charge in [0.05, 0.1) is 29.9 Å². The zero-order valence-electron chi connectivity index (χ0n) is 11.2. The SMILES string of the molecule is [C-]#[N+]c1cc2nc(C)c(Sc3nnc(N)s3)nc2cc1[N+]#[C-]. The Kier molecular flexibility index (Phi) is 3.59. The summed E-state index contributed by atoms with van der Waals surface area (Å²) in [6.07, 6.45) is 0. The highest BCUT2D eigenvalue weighted by Crippen LogP contribution is 2.35. The van der Waals surface area contributed by atoms with Crippen molar-refractivity contribution in [2.24, 2.45) is 0 Å². The van der Waals surface area contributed by atoms with Gasteiger partial charge >= 0.3 is 0 Å². The fraction of sp³-hybridized carbons (Fsp3) is 0.0769. The zero-order valence-corrected chi connectivity index (χ0v) is 12.9. The quantitative estimate of drug-likeness (QED) is 0.724. The highest BCUT2D eigenvalue weighted by molar-refractivity contribution is 8.01. The van der Waals surface area contributed by atoms with Crippen LogP contribution >= 0.6 is 23.1 Å². The summed E-state index contributed by atoms with van der Waals surface area (Å²) in [7, 11) is 0. The van der Waals surface area contributed by atoms with Crippen molar-refractivity contribution < 1.29 is 0 Å². The smallest absolute Gasteiger partial charge is 0.203 e. The number of nitrogen functional groups attached to an aromatic ring is 1. The van der Waals surface area contributed by atoms with Gasteiger partial charge in [-0.2, -0.15) is 0 Å². The van der Waals surface area contributed by atoms with Crippen molar-refractivity contribution in [1.82, 2.24) is 20.2 Å². The molecule has 0 radical (unpaired) electrons. The molecule has 3 rings (SSSR count). The number of benzene rings is 1. The molecule has 106 valence electrons. The van der Waals surface area contributed by atoms with Crippen molar-refractivity contribution in [2.45, 2.75) is 16.3 Å². The molecule has 1 aromatic carbocycles. The summed E-state index contributed by atoms with van der Waals surface area (Å²) in [5.74, 6) is 0. The third-order valence-electron chi connectivity index (χ3n) is 2.74. The molecule has 0 aliphatic heterocycles. The number of hydrogen-bond donors (Lipinski definition) is 1. The Hall–Kier alpha value is -2.75. The van der Waals surface area contributed by atoms with Crippen LogP contribution in [0.1, 0.15) is 5.69 Å². The molecule has 0 aliphatic rings. The van der Waals surface area contributed by atoms with E-state index in [0.717, 1.165) is 5.69 Å². The molecule has 0 spiro atoms. The predicted octanol–water partition coefficient (Wildman–Crippen LogP) is 3.62. The molecule has 0 unspecified atom stereocenters. The molecule has 7 nitrogen and oxygen atoms in total. The first kappa shape index (κ1) is 14.2. The summed E-state index contributed by atoms with van der Waals surface area (Å²) >= 11 is 2.60. The molecule has 0 saturated heterocycles. The molecule has 3 aromatic rings. The second kappa shape index (κ2) is 5.56. The Labute approximate surface area is 133 Å². The number of aromatic nitrogens is 4. The predicted molar refractivity (Wildman–Crippen MR) is 85.2 cm³/mol. The van der Waals surface area contributed by atoms with Crippen molar-refractivity contribution in [1.29, 1.82) is 0 Å². The maximum atomic E-state index is 7.14. The molecule has 0 amide bonds. The van der Waals surface area contributed by atoms with E-state index in [-0.39, 0.29) is 11.4 Å². The van der Waals surface area contributed by atoms with Gasteiger partial charge in [0.15, 0.2) is 15.7 Å². The number of anilines is 1. The Morgan fingerprint density at radius 2 is 1.73 bits per heavy atom. The molecule has 0 atom stereocenters. The first-order valence-corrected chi connectivity index (χ1v) is 7.58. The van der Waals surface area contributed by atoms with E-state index in [1.807, 2.05) is 6.92 Å². The van der Waals surface area contributed by atoms with Crippen molar-refractivity contribution in [3.8, 4) is 0 Å². The van der Waals surface area contributed by atoms with Crippen LogP contribution in [0.3, 0.4) is 0 Å². The lowest BCUT2D eigenvalue weighted by molar-refractivity contribution is 1.000. The van der Waals surface area contributed by atoms with Gasteiger partial charge in [-0.25, -0.2) is 4.98 Å². The van der Waals surface area contributed by atoms with E-state index < -0.39 is 0 Å². The number of aryl methyl sites for hydroxylation is 1. The van der Waals surface area contributed by atoms with Crippen LogP contribution in [0.15, 0.2) is 21.5 Å². The van der Waals surface area contributed by atoms with Crippen LogP contribution in [0.5, 0.6) is 0 Å². The van der Waals surface area contributed by atoms with Crippen LogP contribution in [0, 0.1) is 20.1 Å². The van der Waals surface area contributed by atoms with E-state index in [4.69, 9.17) is 18.9 Å². The Bertz CT molecular complexity index is 965.